The van der Waals surface area contributed by atoms with E-state index in [9.17, 15) is 4.79 Å². The van der Waals surface area contributed by atoms with Crippen LogP contribution in [0.15, 0.2) is 12.1 Å². The van der Waals surface area contributed by atoms with Crippen LogP contribution in [-0.2, 0) is 4.79 Å². The highest BCUT2D eigenvalue weighted by Gasteiger charge is 2.43. The van der Waals surface area contributed by atoms with E-state index in [2.05, 4.69) is 4.90 Å². The van der Waals surface area contributed by atoms with Gasteiger partial charge in [0.1, 0.15) is 0 Å². The number of hydrogen-bond donors (Lipinski definition) is 1. The van der Waals surface area contributed by atoms with E-state index in [1.807, 2.05) is 19.2 Å². The summed E-state index contributed by atoms with van der Waals surface area (Å²) in [5.74, 6) is -0.506. The van der Waals surface area contributed by atoms with Crippen molar-refractivity contribution in [3.63, 3.8) is 0 Å². The summed E-state index contributed by atoms with van der Waals surface area (Å²) in [7, 11) is 1.97. The van der Waals surface area contributed by atoms with Crippen molar-refractivity contribution in [1.29, 1.82) is 0 Å². The first-order valence-electron chi connectivity index (χ1n) is 4.77. The summed E-state index contributed by atoms with van der Waals surface area (Å²) in [6.45, 7) is 0.799. The summed E-state index contributed by atoms with van der Waals surface area (Å²) in [5, 5.41) is 9.87. The molecule has 1 aromatic heterocycles. The van der Waals surface area contributed by atoms with Gasteiger partial charge in [-0.05, 0) is 24.5 Å². The van der Waals surface area contributed by atoms with E-state index in [0.717, 1.165) is 22.3 Å². The Morgan fingerprint density at radius 2 is 2.47 bits per heavy atom. The molecule has 1 aromatic rings. The van der Waals surface area contributed by atoms with Crippen LogP contribution < -0.4 is 4.90 Å². The van der Waals surface area contributed by atoms with E-state index in [-0.39, 0.29) is 5.92 Å². The van der Waals surface area contributed by atoms with Crippen molar-refractivity contribution in [3.8, 4) is 0 Å². The molecule has 2 atom stereocenters. The number of nitrogens with zero attached hydrogens (tertiary/aromatic N) is 1. The second-order valence-corrected chi connectivity index (χ2v) is 5.59. The predicted octanol–water partition coefficient (Wildman–Crippen LogP) is 2.56. The molecule has 1 aliphatic carbocycles. The van der Waals surface area contributed by atoms with Crippen molar-refractivity contribution in [1.82, 2.24) is 0 Å². The Kier molecular flexibility index (Phi) is 2.89. The normalized spacial score (nSPS) is 23.9. The second kappa shape index (κ2) is 4.02. The molecule has 0 radical (unpaired) electrons. The summed E-state index contributed by atoms with van der Waals surface area (Å²) in [4.78, 5) is 12.7. The van der Waals surface area contributed by atoms with Crippen molar-refractivity contribution in [2.45, 2.75) is 6.42 Å². The fourth-order valence-electron chi connectivity index (χ4n) is 1.70. The Morgan fingerprint density at radius 1 is 1.73 bits per heavy atom. The zero-order valence-corrected chi connectivity index (χ0v) is 9.88. The Labute approximate surface area is 97.3 Å². The minimum absolute atomic E-state index is 0.136. The summed E-state index contributed by atoms with van der Waals surface area (Å²) in [6, 6.07) is 3.82. The molecule has 1 aliphatic rings. The molecule has 2 rings (SSSR count). The Balaban J connectivity index is 1.89. The van der Waals surface area contributed by atoms with Crippen LogP contribution in [-0.4, -0.2) is 24.7 Å². The van der Waals surface area contributed by atoms with Gasteiger partial charge in [-0.15, -0.1) is 11.3 Å². The molecule has 1 heterocycles. The van der Waals surface area contributed by atoms with E-state index in [1.165, 1.54) is 11.3 Å². The van der Waals surface area contributed by atoms with E-state index < -0.39 is 5.97 Å². The summed E-state index contributed by atoms with van der Waals surface area (Å²) < 4.78 is 0.766. The Morgan fingerprint density at radius 3 is 2.93 bits per heavy atom. The van der Waals surface area contributed by atoms with Gasteiger partial charge in [-0.25, -0.2) is 0 Å². The van der Waals surface area contributed by atoms with Crippen LogP contribution in [0, 0.1) is 11.8 Å². The maximum absolute atomic E-state index is 10.7. The van der Waals surface area contributed by atoms with Crippen molar-refractivity contribution in [2.24, 2.45) is 11.8 Å². The molecule has 0 bridgehead atoms. The average molecular weight is 246 g/mol. The van der Waals surface area contributed by atoms with Gasteiger partial charge in [0.25, 0.3) is 0 Å². The number of rotatable bonds is 4. The molecule has 1 fully saturated rings. The Hall–Kier alpha value is -0.740. The van der Waals surface area contributed by atoms with E-state index in [0.29, 0.717) is 5.92 Å². The van der Waals surface area contributed by atoms with Crippen LogP contribution in [0.5, 0.6) is 0 Å². The third-order valence-corrected chi connectivity index (χ3v) is 4.03. The number of thiophene rings is 1. The second-order valence-electron chi connectivity index (χ2n) is 3.90. The molecule has 3 nitrogen and oxygen atoms in total. The lowest BCUT2D eigenvalue weighted by Gasteiger charge is -2.16. The first-order chi connectivity index (χ1) is 7.08. The molecule has 0 spiro atoms. The predicted molar refractivity (Wildman–Crippen MR) is 61.8 cm³/mol. The molecule has 0 aliphatic heterocycles. The zero-order valence-electron chi connectivity index (χ0n) is 8.31. The summed E-state index contributed by atoms with van der Waals surface area (Å²) in [5.41, 5.74) is 0. The highest BCUT2D eigenvalue weighted by atomic mass is 35.5. The largest absolute Gasteiger partial charge is 0.481 e. The fourth-order valence-corrected chi connectivity index (χ4v) is 2.71. The summed E-state index contributed by atoms with van der Waals surface area (Å²) in [6.07, 6.45) is 0.804. The van der Waals surface area contributed by atoms with Gasteiger partial charge in [0.2, 0.25) is 0 Å². The highest BCUT2D eigenvalue weighted by molar-refractivity contribution is 7.19. The minimum Gasteiger partial charge on any atom is -0.481 e. The lowest BCUT2D eigenvalue weighted by Crippen LogP contribution is -2.20. The van der Waals surface area contributed by atoms with Gasteiger partial charge in [0, 0.05) is 13.6 Å². The van der Waals surface area contributed by atoms with Crippen molar-refractivity contribution in [2.75, 3.05) is 18.5 Å². The maximum Gasteiger partial charge on any atom is 0.306 e. The van der Waals surface area contributed by atoms with Gasteiger partial charge in [-0.3, -0.25) is 4.79 Å². The summed E-state index contributed by atoms with van der Waals surface area (Å²) >= 11 is 7.35. The van der Waals surface area contributed by atoms with Crippen LogP contribution in [0.1, 0.15) is 6.42 Å². The van der Waals surface area contributed by atoms with Crippen molar-refractivity contribution >= 4 is 33.9 Å². The number of carbonyl (C=O) groups is 1. The molecule has 0 amide bonds. The first-order valence-corrected chi connectivity index (χ1v) is 5.96. The molecule has 0 aromatic carbocycles. The van der Waals surface area contributed by atoms with Gasteiger partial charge in [-0.2, -0.15) is 0 Å². The van der Waals surface area contributed by atoms with Crippen LogP contribution in [0.3, 0.4) is 0 Å². The molecule has 0 saturated heterocycles. The minimum atomic E-state index is -0.669. The first kappa shape index (κ1) is 10.8. The van der Waals surface area contributed by atoms with Crippen LogP contribution in [0.2, 0.25) is 4.34 Å². The third kappa shape index (κ3) is 2.44. The number of aliphatic carboxylic acids is 1. The zero-order chi connectivity index (χ0) is 11.0. The van der Waals surface area contributed by atoms with Crippen LogP contribution in [0.4, 0.5) is 5.00 Å². The van der Waals surface area contributed by atoms with Gasteiger partial charge in [0.05, 0.1) is 15.3 Å². The molecule has 1 saturated carbocycles. The Bertz CT molecular complexity index is 379. The van der Waals surface area contributed by atoms with Crippen molar-refractivity contribution in [3.05, 3.63) is 16.5 Å². The number of hydrogen-bond acceptors (Lipinski definition) is 3. The smallest absolute Gasteiger partial charge is 0.306 e. The number of anilines is 1. The van der Waals surface area contributed by atoms with Gasteiger partial charge >= 0.3 is 5.97 Å². The van der Waals surface area contributed by atoms with Crippen molar-refractivity contribution < 1.29 is 9.90 Å². The lowest BCUT2D eigenvalue weighted by atomic mass is 10.3. The molecule has 2 unspecified atom stereocenters. The average Bonchev–Trinajstić information content (AvgIpc) is 2.79. The molecule has 5 heteroatoms. The molecular weight excluding hydrogens is 234 g/mol. The molecule has 82 valence electrons. The highest BCUT2D eigenvalue weighted by Crippen LogP contribution is 2.40. The van der Waals surface area contributed by atoms with E-state index in [1.54, 1.807) is 0 Å². The van der Waals surface area contributed by atoms with Crippen LogP contribution >= 0.6 is 22.9 Å². The number of carboxylic acids is 1. The van der Waals surface area contributed by atoms with Gasteiger partial charge in [0.15, 0.2) is 0 Å². The molecular formula is C10H12ClNO2S. The molecule has 1 N–H and O–H groups in total. The van der Waals surface area contributed by atoms with Gasteiger partial charge < -0.3 is 10.0 Å². The lowest BCUT2D eigenvalue weighted by molar-refractivity contribution is -0.138. The topological polar surface area (TPSA) is 40.5 Å². The monoisotopic (exact) mass is 245 g/mol. The quantitative estimate of drug-likeness (QED) is 0.886. The van der Waals surface area contributed by atoms with E-state index in [4.69, 9.17) is 16.7 Å². The fraction of sp³-hybridized carbons (Fsp3) is 0.500. The van der Waals surface area contributed by atoms with Gasteiger partial charge in [-0.1, -0.05) is 11.6 Å². The number of halogens is 1. The standard InChI is InChI=1S/C10H12ClNO2S/c1-12(9-3-2-8(11)15-9)5-6-4-7(6)10(13)14/h2-3,6-7H,4-5H2,1H3,(H,13,14). The third-order valence-electron chi connectivity index (χ3n) is 2.68. The maximum atomic E-state index is 10.7. The van der Waals surface area contributed by atoms with E-state index >= 15 is 0 Å². The van der Waals surface area contributed by atoms with Crippen LogP contribution in [0.25, 0.3) is 0 Å². The molecule has 15 heavy (non-hydrogen) atoms. The SMILES string of the molecule is CN(CC1CC1C(=O)O)c1ccc(Cl)s1. The number of carboxylic acid groups (broad SMARTS) is 1.